The molecule has 0 bridgehead atoms. The minimum absolute atomic E-state index is 0.898. The van der Waals surface area contributed by atoms with Gasteiger partial charge in [0.25, 0.3) is 0 Å². The van der Waals surface area contributed by atoms with Crippen molar-refractivity contribution < 1.29 is 4.42 Å². The van der Waals surface area contributed by atoms with Crippen LogP contribution in [0.3, 0.4) is 0 Å². The van der Waals surface area contributed by atoms with Crippen molar-refractivity contribution in [1.29, 1.82) is 0 Å². The second-order valence-electron chi connectivity index (χ2n) is 16.0. The van der Waals surface area contributed by atoms with Crippen LogP contribution in [0.4, 0.5) is 0 Å². The maximum atomic E-state index is 6.67. The molecule has 0 unspecified atom stereocenters. The number of hydrogen-bond donors (Lipinski definition) is 0. The van der Waals surface area contributed by atoms with Crippen molar-refractivity contribution >= 4 is 97.3 Å². The van der Waals surface area contributed by atoms with E-state index in [0.717, 1.165) is 33.1 Å². The lowest BCUT2D eigenvalue weighted by Gasteiger charge is -2.15. The molecule has 0 radical (unpaired) electrons. The summed E-state index contributed by atoms with van der Waals surface area (Å²) in [7, 11) is 0. The number of furan rings is 1. The first-order chi connectivity index (χ1) is 29.2. The zero-order valence-electron chi connectivity index (χ0n) is 32.0. The number of hydrogen-bond acceptors (Lipinski definition) is 1. The van der Waals surface area contributed by atoms with Crippen LogP contribution in [0, 0.1) is 0 Å². The predicted octanol–water partition coefficient (Wildman–Crippen LogP) is 16.7. The van der Waals surface area contributed by atoms with Crippen LogP contribution in [0.1, 0.15) is 0 Å². The molecule has 0 aliphatic carbocycles. The van der Waals surface area contributed by atoms with Gasteiger partial charge in [0.05, 0.1) is 0 Å². The topological polar surface area (TPSA) is 13.1 Å². The molecule has 1 aromatic heterocycles. The highest BCUT2D eigenvalue weighted by Gasteiger charge is 2.16. The van der Waals surface area contributed by atoms with Gasteiger partial charge in [-0.3, -0.25) is 0 Å². The lowest BCUT2D eigenvalue weighted by Crippen LogP contribution is -1.88. The van der Waals surface area contributed by atoms with Crippen molar-refractivity contribution in [3.8, 4) is 33.4 Å². The molecule has 0 amide bonds. The molecule has 0 saturated heterocycles. The van der Waals surface area contributed by atoms with Gasteiger partial charge in [-0.25, -0.2) is 0 Å². The third kappa shape index (κ3) is 4.92. The van der Waals surface area contributed by atoms with Crippen LogP contribution in [-0.4, -0.2) is 0 Å². The Hall–Kier alpha value is -7.74. The van der Waals surface area contributed by atoms with Gasteiger partial charge >= 0.3 is 0 Å². The lowest BCUT2D eigenvalue weighted by atomic mass is 9.88. The molecular weight excluding hydrogens is 713 g/mol. The van der Waals surface area contributed by atoms with E-state index in [0.29, 0.717) is 0 Å². The largest absolute Gasteiger partial charge is 0.456 e. The van der Waals surface area contributed by atoms with Gasteiger partial charge in [0.2, 0.25) is 0 Å². The second-order valence-corrected chi connectivity index (χ2v) is 16.0. The monoisotopic (exact) mass is 746 g/mol. The Balaban J connectivity index is 0.916. The van der Waals surface area contributed by atoms with E-state index in [2.05, 4.69) is 206 Å². The second kappa shape index (κ2) is 12.4. The van der Waals surface area contributed by atoms with Crippen LogP contribution in [0.25, 0.3) is 131 Å². The minimum Gasteiger partial charge on any atom is -0.456 e. The smallest absolute Gasteiger partial charge is 0.136 e. The SMILES string of the molecule is c1ccc2c(c1)cc(-c1ccc3c(c1)oc1cc(-c4ccc5ccc(-c6cc7ccc8ccc9ccccc9c8c7c7ccccc67)cc5c4)ccc13)c1ccccc12. The molecule has 1 heteroatoms. The minimum atomic E-state index is 0.898. The zero-order valence-corrected chi connectivity index (χ0v) is 32.0. The molecular formula is C58H34O. The molecule has 0 spiro atoms. The molecule has 13 rings (SSSR count). The Kier molecular flexibility index (Phi) is 6.79. The normalized spacial score (nSPS) is 12.1. The van der Waals surface area contributed by atoms with Gasteiger partial charge < -0.3 is 4.42 Å². The molecule has 59 heavy (non-hydrogen) atoms. The van der Waals surface area contributed by atoms with Gasteiger partial charge in [-0.1, -0.05) is 158 Å². The van der Waals surface area contributed by atoms with E-state index in [-0.39, 0.29) is 0 Å². The van der Waals surface area contributed by atoms with E-state index in [1.165, 1.54) is 97.7 Å². The predicted molar refractivity (Wildman–Crippen MR) is 253 cm³/mol. The van der Waals surface area contributed by atoms with Crippen molar-refractivity contribution in [3.63, 3.8) is 0 Å². The lowest BCUT2D eigenvalue weighted by molar-refractivity contribution is 0.669. The first kappa shape index (κ1) is 32.4. The van der Waals surface area contributed by atoms with Crippen molar-refractivity contribution in [1.82, 2.24) is 0 Å². The molecule has 13 aromatic rings. The fraction of sp³-hybridized carbons (Fsp3) is 0. The first-order valence-electron chi connectivity index (χ1n) is 20.4. The van der Waals surface area contributed by atoms with Gasteiger partial charge in [0.15, 0.2) is 0 Å². The fourth-order valence-corrected chi connectivity index (χ4v) is 9.94. The molecule has 12 aromatic carbocycles. The zero-order chi connectivity index (χ0) is 38.6. The van der Waals surface area contributed by atoms with E-state index >= 15 is 0 Å². The van der Waals surface area contributed by atoms with Gasteiger partial charge in [-0.15, -0.1) is 0 Å². The van der Waals surface area contributed by atoms with Crippen molar-refractivity contribution in [2.45, 2.75) is 0 Å². The summed E-state index contributed by atoms with van der Waals surface area (Å²) in [5.74, 6) is 0. The molecule has 272 valence electrons. The fourth-order valence-electron chi connectivity index (χ4n) is 9.94. The van der Waals surface area contributed by atoms with E-state index in [4.69, 9.17) is 4.42 Å². The highest BCUT2D eigenvalue weighted by Crippen LogP contribution is 2.43. The Labute approximate surface area is 340 Å². The summed E-state index contributed by atoms with van der Waals surface area (Å²) in [6, 6.07) is 75.9. The van der Waals surface area contributed by atoms with Gasteiger partial charge in [0.1, 0.15) is 11.2 Å². The Bertz CT molecular complexity index is 3900. The van der Waals surface area contributed by atoms with Crippen molar-refractivity contribution in [3.05, 3.63) is 206 Å². The standard InChI is InChI=1S/C58H34O/c1-4-12-46-36(9-1)19-20-37-21-24-43-32-54(49-15-7-8-16-52(49)58(43)57(37)46)41-23-18-35-17-22-38(29-44(35)30-41)39-25-27-50-51-28-26-42(34-56(51)59-55(50)33-39)53-31-40-10-2-3-11-45(40)47-13-5-6-14-48(47)53/h1-34H. The number of fused-ring (bicyclic) bond motifs is 14. The summed E-state index contributed by atoms with van der Waals surface area (Å²) < 4.78 is 6.67. The molecule has 0 fully saturated rings. The van der Waals surface area contributed by atoms with E-state index in [1.807, 2.05) is 0 Å². The van der Waals surface area contributed by atoms with Crippen molar-refractivity contribution in [2.75, 3.05) is 0 Å². The summed E-state index contributed by atoms with van der Waals surface area (Å²) in [6.45, 7) is 0. The van der Waals surface area contributed by atoms with Gasteiger partial charge in [-0.05, 0) is 157 Å². The average Bonchev–Trinajstić information content (AvgIpc) is 3.67. The molecule has 0 aliphatic rings. The van der Waals surface area contributed by atoms with Crippen LogP contribution in [0.2, 0.25) is 0 Å². The summed E-state index contributed by atoms with van der Waals surface area (Å²) in [6.07, 6.45) is 0. The van der Waals surface area contributed by atoms with Gasteiger partial charge in [-0.2, -0.15) is 0 Å². The molecule has 0 N–H and O–H groups in total. The van der Waals surface area contributed by atoms with E-state index in [1.54, 1.807) is 0 Å². The molecule has 1 nitrogen and oxygen atoms in total. The van der Waals surface area contributed by atoms with E-state index < -0.39 is 0 Å². The molecule has 1 heterocycles. The number of benzene rings is 12. The van der Waals surface area contributed by atoms with Crippen LogP contribution < -0.4 is 0 Å². The quantitative estimate of drug-likeness (QED) is 0.164. The summed E-state index contributed by atoms with van der Waals surface area (Å²) in [4.78, 5) is 0. The maximum absolute atomic E-state index is 6.67. The highest BCUT2D eigenvalue weighted by atomic mass is 16.3. The van der Waals surface area contributed by atoms with Crippen LogP contribution in [0.5, 0.6) is 0 Å². The summed E-state index contributed by atoms with van der Waals surface area (Å²) in [5, 5.41) is 20.0. The highest BCUT2D eigenvalue weighted by molar-refractivity contribution is 6.29. The van der Waals surface area contributed by atoms with Crippen LogP contribution in [-0.2, 0) is 0 Å². The third-order valence-corrected chi connectivity index (χ3v) is 12.8. The first-order valence-corrected chi connectivity index (χ1v) is 20.4. The van der Waals surface area contributed by atoms with Crippen molar-refractivity contribution in [2.24, 2.45) is 0 Å². The average molecular weight is 747 g/mol. The number of rotatable bonds is 3. The van der Waals surface area contributed by atoms with Crippen LogP contribution in [0.15, 0.2) is 211 Å². The third-order valence-electron chi connectivity index (χ3n) is 12.8. The van der Waals surface area contributed by atoms with E-state index in [9.17, 15) is 0 Å². The molecule has 0 atom stereocenters. The molecule has 0 saturated carbocycles. The summed E-state index contributed by atoms with van der Waals surface area (Å²) in [5.41, 5.74) is 8.95. The summed E-state index contributed by atoms with van der Waals surface area (Å²) >= 11 is 0. The Morgan fingerprint density at radius 2 is 0.678 bits per heavy atom. The van der Waals surface area contributed by atoms with Gasteiger partial charge in [0, 0.05) is 10.8 Å². The maximum Gasteiger partial charge on any atom is 0.136 e. The Morgan fingerprint density at radius 3 is 1.46 bits per heavy atom. The Morgan fingerprint density at radius 1 is 0.220 bits per heavy atom. The van der Waals surface area contributed by atoms with Crippen LogP contribution >= 0.6 is 0 Å². The molecule has 0 aliphatic heterocycles.